The summed E-state index contributed by atoms with van der Waals surface area (Å²) in [6.07, 6.45) is 4.17. The van der Waals surface area contributed by atoms with Crippen molar-refractivity contribution in [1.82, 2.24) is 4.90 Å². The molecule has 0 saturated heterocycles. The van der Waals surface area contributed by atoms with Gasteiger partial charge in [0, 0.05) is 47.6 Å². The number of carbonyl (C=O) groups is 2. The standard InChI is InChI=1S/C20H22BrN3O2/c1-24(20(26)16-8-3-2-7-15(16)14-25)12-5-4-11-23-13-17-18(21)9-6-10-19(17)22/h2-3,6-10,13-14H,4-5,11-12,22H2,1H3. The lowest BCUT2D eigenvalue weighted by molar-refractivity contribution is 0.0790. The first-order chi connectivity index (χ1) is 12.5. The minimum absolute atomic E-state index is 0.141. The Hall–Kier alpha value is -2.47. The molecular weight excluding hydrogens is 394 g/mol. The molecule has 0 aliphatic heterocycles. The van der Waals surface area contributed by atoms with Crippen molar-refractivity contribution in [3.8, 4) is 0 Å². The van der Waals surface area contributed by atoms with Gasteiger partial charge in [-0.15, -0.1) is 0 Å². The molecule has 0 fully saturated rings. The van der Waals surface area contributed by atoms with Crippen molar-refractivity contribution in [2.75, 3.05) is 25.9 Å². The Kier molecular flexibility index (Phi) is 7.53. The van der Waals surface area contributed by atoms with Crippen LogP contribution in [0.4, 0.5) is 5.69 Å². The second-order valence-electron chi connectivity index (χ2n) is 5.92. The second kappa shape index (κ2) is 9.87. The van der Waals surface area contributed by atoms with Crippen LogP contribution in [-0.2, 0) is 0 Å². The Morgan fingerprint density at radius 2 is 1.96 bits per heavy atom. The summed E-state index contributed by atoms with van der Waals surface area (Å²) in [5.74, 6) is -0.141. The number of hydrogen-bond acceptors (Lipinski definition) is 4. The van der Waals surface area contributed by atoms with Crippen LogP contribution in [0.15, 0.2) is 51.9 Å². The van der Waals surface area contributed by atoms with Gasteiger partial charge >= 0.3 is 0 Å². The number of unbranched alkanes of at least 4 members (excludes halogenated alkanes) is 1. The topological polar surface area (TPSA) is 75.8 Å². The van der Waals surface area contributed by atoms with E-state index in [-0.39, 0.29) is 5.91 Å². The van der Waals surface area contributed by atoms with Crippen LogP contribution in [0.3, 0.4) is 0 Å². The van der Waals surface area contributed by atoms with Gasteiger partial charge in [0.1, 0.15) is 0 Å². The Labute approximate surface area is 162 Å². The number of hydrogen-bond donors (Lipinski definition) is 1. The Balaban J connectivity index is 1.80. The number of amides is 1. The highest BCUT2D eigenvalue weighted by atomic mass is 79.9. The molecule has 0 aliphatic rings. The molecule has 5 nitrogen and oxygen atoms in total. The fourth-order valence-electron chi connectivity index (χ4n) is 2.50. The van der Waals surface area contributed by atoms with Gasteiger partial charge in [-0.1, -0.05) is 40.2 Å². The van der Waals surface area contributed by atoms with Gasteiger partial charge in [0.05, 0.1) is 5.56 Å². The lowest BCUT2D eigenvalue weighted by Gasteiger charge is -2.17. The first-order valence-electron chi connectivity index (χ1n) is 8.38. The Morgan fingerprint density at radius 1 is 1.19 bits per heavy atom. The zero-order valence-electron chi connectivity index (χ0n) is 14.7. The van der Waals surface area contributed by atoms with E-state index < -0.39 is 0 Å². The lowest BCUT2D eigenvalue weighted by Crippen LogP contribution is -2.28. The normalized spacial score (nSPS) is 10.8. The van der Waals surface area contributed by atoms with Crippen molar-refractivity contribution < 1.29 is 9.59 Å². The molecule has 0 saturated carbocycles. The van der Waals surface area contributed by atoms with E-state index >= 15 is 0 Å². The van der Waals surface area contributed by atoms with E-state index in [0.717, 1.165) is 22.9 Å². The molecule has 0 atom stereocenters. The van der Waals surface area contributed by atoms with Crippen LogP contribution in [-0.4, -0.2) is 43.4 Å². The minimum Gasteiger partial charge on any atom is -0.398 e. The van der Waals surface area contributed by atoms with E-state index in [2.05, 4.69) is 20.9 Å². The Morgan fingerprint density at radius 3 is 2.69 bits per heavy atom. The number of aliphatic imine (C=N–C) groups is 1. The highest BCUT2D eigenvalue weighted by Crippen LogP contribution is 2.20. The van der Waals surface area contributed by atoms with Gasteiger partial charge in [-0.2, -0.15) is 0 Å². The van der Waals surface area contributed by atoms with Crippen LogP contribution in [0, 0.1) is 0 Å². The number of nitrogens with two attached hydrogens (primary N) is 1. The second-order valence-corrected chi connectivity index (χ2v) is 6.77. The molecule has 0 aromatic heterocycles. The molecule has 2 aromatic rings. The highest BCUT2D eigenvalue weighted by molar-refractivity contribution is 9.10. The fraction of sp³-hybridized carbons (Fsp3) is 0.250. The third-order valence-electron chi connectivity index (χ3n) is 4.00. The molecule has 6 heteroatoms. The minimum atomic E-state index is -0.141. The largest absolute Gasteiger partial charge is 0.398 e. The van der Waals surface area contributed by atoms with Crippen LogP contribution in [0.1, 0.15) is 39.1 Å². The summed E-state index contributed by atoms with van der Waals surface area (Å²) >= 11 is 3.46. The number of nitrogen functional groups attached to an aromatic ring is 1. The maximum atomic E-state index is 12.4. The van der Waals surface area contributed by atoms with E-state index in [4.69, 9.17) is 5.73 Å². The molecule has 1 amide bonds. The maximum absolute atomic E-state index is 12.4. The number of rotatable bonds is 8. The summed E-state index contributed by atoms with van der Waals surface area (Å²) in [6, 6.07) is 12.5. The van der Waals surface area contributed by atoms with Gasteiger partial charge < -0.3 is 10.6 Å². The monoisotopic (exact) mass is 415 g/mol. The van der Waals surface area contributed by atoms with Crippen molar-refractivity contribution in [2.24, 2.45) is 4.99 Å². The van der Waals surface area contributed by atoms with E-state index in [0.29, 0.717) is 36.2 Å². The van der Waals surface area contributed by atoms with Crippen molar-refractivity contribution in [3.05, 3.63) is 63.6 Å². The van der Waals surface area contributed by atoms with E-state index in [1.54, 1.807) is 42.4 Å². The van der Waals surface area contributed by atoms with E-state index in [1.807, 2.05) is 18.2 Å². The molecule has 0 aliphatic carbocycles. The molecule has 0 bridgehead atoms. The molecule has 2 aromatic carbocycles. The number of carbonyl (C=O) groups excluding carboxylic acids is 2. The van der Waals surface area contributed by atoms with Crippen molar-refractivity contribution >= 4 is 40.0 Å². The van der Waals surface area contributed by atoms with E-state index in [9.17, 15) is 9.59 Å². The third kappa shape index (κ3) is 5.26. The molecule has 26 heavy (non-hydrogen) atoms. The van der Waals surface area contributed by atoms with Crippen LogP contribution < -0.4 is 5.73 Å². The Bertz CT molecular complexity index is 785. The quantitative estimate of drug-likeness (QED) is 0.308. The number of benzene rings is 2. The number of nitrogens with zero attached hydrogens (tertiary/aromatic N) is 2. The predicted molar refractivity (Wildman–Crippen MR) is 109 cm³/mol. The van der Waals surface area contributed by atoms with Crippen molar-refractivity contribution in [1.29, 1.82) is 0 Å². The smallest absolute Gasteiger partial charge is 0.254 e. The molecular formula is C20H22BrN3O2. The molecule has 0 heterocycles. The average Bonchev–Trinajstić information content (AvgIpc) is 2.65. The molecule has 0 radical (unpaired) electrons. The molecule has 2 N–H and O–H groups in total. The zero-order valence-corrected chi connectivity index (χ0v) is 16.3. The first kappa shape index (κ1) is 19.8. The summed E-state index contributed by atoms with van der Waals surface area (Å²) < 4.78 is 0.917. The summed E-state index contributed by atoms with van der Waals surface area (Å²) in [4.78, 5) is 29.5. The predicted octanol–water partition coefficient (Wildman–Crippen LogP) is 3.82. The van der Waals surface area contributed by atoms with E-state index in [1.165, 1.54) is 0 Å². The highest BCUT2D eigenvalue weighted by Gasteiger charge is 2.14. The van der Waals surface area contributed by atoms with Gasteiger partial charge in [-0.05, 0) is 31.0 Å². The number of halogens is 1. The maximum Gasteiger partial charge on any atom is 0.254 e. The van der Waals surface area contributed by atoms with Crippen LogP contribution >= 0.6 is 15.9 Å². The van der Waals surface area contributed by atoms with Crippen molar-refractivity contribution in [2.45, 2.75) is 12.8 Å². The summed E-state index contributed by atoms with van der Waals surface area (Å²) in [7, 11) is 1.75. The van der Waals surface area contributed by atoms with Gasteiger partial charge in [0.2, 0.25) is 0 Å². The van der Waals surface area contributed by atoms with Crippen molar-refractivity contribution in [3.63, 3.8) is 0 Å². The number of aldehydes is 1. The zero-order chi connectivity index (χ0) is 18.9. The van der Waals surface area contributed by atoms with Crippen LogP contribution in [0.25, 0.3) is 0 Å². The van der Waals surface area contributed by atoms with Gasteiger partial charge in [-0.25, -0.2) is 0 Å². The fourth-order valence-corrected chi connectivity index (χ4v) is 2.98. The van der Waals surface area contributed by atoms with Crippen LogP contribution in [0.5, 0.6) is 0 Å². The summed E-state index contributed by atoms with van der Waals surface area (Å²) in [5, 5.41) is 0. The molecule has 0 spiro atoms. The van der Waals surface area contributed by atoms with Crippen LogP contribution in [0.2, 0.25) is 0 Å². The summed E-state index contributed by atoms with van der Waals surface area (Å²) in [6.45, 7) is 1.27. The SMILES string of the molecule is CN(CCCCN=Cc1c(N)cccc1Br)C(=O)c1ccccc1C=O. The van der Waals surface area contributed by atoms with Gasteiger partial charge in [0.15, 0.2) is 6.29 Å². The summed E-state index contributed by atoms with van der Waals surface area (Å²) in [5.41, 5.74) is 8.34. The third-order valence-corrected chi connectivity index (χ3v) is 4.69. The lowest BCUT2D eigenvalue weighted by atomic mass is 10.1. The van der Waals surface area contributed by atoms with Gasteiger partial charge in [0.25, 0.3) is 5.91 Å². The first-order valence-corrected chi connectivity index (χ1v) is 9.17. The number of anilines is 1. The van der Waals surface area contributed by atoms with Gasteiger partial charge in [-0.3, -0.25) is 14.6 Å². The molecule has 136 valence electrons. The average molecular weight is 416 g/mol. The molecule has 0 unspecified atom stereocenters. The molecule has 2 rings (SSSR count).